The van der Waals surface area contributed by atoms with Crippen molar-refractivity contribution in [3.63, 3.8) is 0 Å². The van der Waals surface area contributed by atoms with E-state index < -0.39 is 10.0 Å². The molecule has 2 heterocycles. The van der Waals surface area contributed by atoms with Crippen LogP contribution >= 0.6 is 22.7 Å². The second-order valence-electron chi connectivity index (χ2n) is 5.22. The first-order valence-electron chi connectivity index (χ1n) is 6.92. The molecule has 0 saturated heterocycles. The van der Waals surface area contributed by atoms with Crippen molar-refractivity contribution < 1.29 is 8.42 Å². The average molecular weight is 343 g/mol. The third-order valence-corrected chi connectivity index (χ3v) is 7.16. The lowest BCUT2D eigenvalue weighted by Crippen LogP contribution is -2.27. The molecule has 3 rings (SSSR count). The van der Waals surface area contributed by atoms with Gasteiger partial charge >= 0.3 is 0 Å². The van der Waals surface area contributed by atoms with Gasteiger partial charge in [-0.05, 0) is 42.7 Å². The summed E-state index contributed by atoms with van der Waals surface area (Å²) in [6, 6.07) is 5.93. The third-order valence-electron chi connectivity index (χ3n) is 3.42. The van der Waals surface area contributed by atoms with Crippen molar-refractivity contribution in [3.05, 3.63) is 38.7 Å². The van der Waals surface area contributed by atoms with Gasteiger partial charge in [-0.1, -0.05) is 6.07 Å². The van der Waals surface area contributed by atoms with Crippen LogP contribution in [0.2, 0.25) is 0 Å². The van der Waals surface area contributed by atoms with E-state index in [1.807, 2.05) is 29.8 Å². The minimum absolute atomic E-state index is 0.209. The van der Waals surface area contributed by atoms with E-state index in [4.69, 9.17) is 0 Å². The Morgan fingerprint density at radius 2 is 2.10 bits per heavy atom. The van der Waals surface area contributed by atoms with Crippen LogP contribution < -0.4 is 10.0 Å². The zero-order valence-electron chi connectivity index (χ0n) is 11.7. The molecule has 1 atom stereocenters. The molecule has 0 amide bonds. The largest absolute Gasteiger partial charge is 0.309 e. The van der Waals surface area contributed by atoms with E-state index in [1.54, 1.807) is 17.4 Å². The summed E-state index contributed by atoms with van der Waals surface area (Å²) in [6.45, 7) is 2.50. The normalized spacial score (nSPS) is 17.0. The van der Waals surface area contributed by atoms with Gasteiger partial charge in [0.1, 0.15) is 0 Å². The van der Waals surface area contributed by atoms with Crippen LogP contribution in [0.15, 0.2) is 33.9 Å². The highest BCUT2D eigenvalue weighted by molar-refractivity contribution is 7.89. The Bertz CT molecular complexity index is 688. The number of rotatable bonds is 7. The van der Waals surface area contributed by atoms with E-state index in [0.717, 1.165) is 9.75 Å². The molecule has 0 aliphatic heterocycles. The first kappa shape index (κ1) is 15.2. The highest BCUT2D eigenvalue weighted by Crippen LogP contribution is 2.27. The zero-order valence-corrected chi connectivity index (χ0v) is 14.2. The van der Waals surface area contributed by atoms with Gasteiger partial charge in [-0.15, -0.1) is 22.7 Å². The zero-order chi connectivity index (χ0) is 14.9. The van der Waals surface area contributed by atoms with Crippen molar-refractivity contribution in [2.45, 2.75) is 43.3 Å². The molecule has 0 radical (unpaired) electrons. The smallest absolute Gasteiger partial charge is 0.242 e. The van der Waals surface area contributed by atoms with E-state index in [-0.39, 0.29) is 6.04 Å². The van der Waals surface area contributed by atoms with Crippen LogP contribution in [0, 0.1) is 0 Å². The van der Waals surface area contributed by atoms with Gasteiger partial charge in [0.15, 0.2) is 0 Å². The Hall–Kier alpha value is -0.730. The number of hydrogen-bond acceptors (Lipinski definition) is 5. The molecule has 1 saturated carbocycles. The van der Waals surface area contributed by atoms with Gasteiger partial charge in [0.2, 0.25) is 10.0 Å². The summed E-state index contributed by atoms with van der Waals surface area (Å²) in [7, 11) is -3.47. The van der Waals surface area contributed by atoms with Crippen LogP contribution in [-0.2, 0) is 16.6 Å². The van der Waals surface area contributed by atoms with Crippen molar-refractivity contribution in [2.75, 3.05) is 0 Å². The average Bonchev–Trinajstić information content (AvgIpc) is 2.95. The summed E-state index contributed by atoms with van der Waals surface area (Å²) >= 11 is 3.05. The second-order valence-corrected chi connectivity index (χ2v) is 8.88. The maximum absolute atomic E-state index is 12.6. The van der Waals surface area contributed by atoms with Gasteiger partial charge in [-0.2, -0.15) is 0 Å². The Kier molecular flexibility index (Phi) is 4.46. The molecule has 114 valence electrons. The number of nitrogens with one attached hydrogen (secondary N) is 2. The summed E-state index contributed by atoms with van der Waals surface area (Å²) < 4.78 is 27.9. The van der Waals surface area contributed by atoms with Crippen molar-refractivity contribution in [3.8, 4) is 0 Å². The lowest BCUT2D eigenvalue weighted by molar-refractivity contribution is 0.566. The summed E-state index contributed by atoms with van der Waals surface area (Å²) in [5.74, 6) is 0. The van der Waals surface area contributed by atoms with Crippen molar-refractivity contribution >= 4 is 32.7 Å². The van der Waals surface area contributed by atoms with E-state index >= 15 is 0 Å². The molecule has 1 aliphatic carbocycles. The number of thiophene rings is 2. The maximum Gasteiger partial charge on any atom is 0.242 e. The molecule has 0 spiro atoms. The highest BCUT2D eigenvalue weighted by atomic mass is 32.2. The van der Waals surface area contributed by atoms with Crippen LogP contribution in [-0.4, -0.2) is 14.5 Å². The molecule has 2 aromatic heterocycles. The van der Waals surface area contributed by atoms with Crippen LogP contribution in [0.5, 0.6) is 0 Å². The Balaban J connectivity index is 1.73. The molecular weight excluding hydrogens is 324 g/mol. The fourth-order valence-electron chi connectivity index (χ4n) is 2.11. The first-order valence-corrected chi connectivity index (χ1v) is 10.2. The van der Waals surface area contributed by atoms with Gasteiger partial charge in [0, 0.05) is 22.3 Å². The predicted molar refractivity (Wildman–Crippen MR) is 87.2 cm³/mol. The Morgan fingerprint density at radius 1 is 1.29 bits per heavy atom. The van der Waals surface area contributed by atoms with E-state index in [0.29, 0.717) is 17.5 Å². The highest BCUT2D eigenvalue weighted by Gasteiger charge is 2.25. The lowest BCUT2D eigenvalue weighted by atomic mass is 10.3. The van der Waals surface area contributed by atoms with Crippen LogP contribution in [0.4, 0.5) is 0 Å². The Morgan fingerprint density at radius 3 is 2.76 bits per heavy atom. The molecule has 1 fully saturated rings. The quantitative estimate of drug-likeness (QED) is 0.813. The fraction of sp³-hybridized carbons (Fsp3) is 0.429. The maximum atomic E-state index is 12.6. The van der Waals surface area contributed by atoms with Crippen molar-refractivity contribution in [2.24, 2.45) is 0 Å². The van der Waals surface area contributed by atoms with Crippen molar-refractivity contribution in [1.29, 1.82) is 0 Å². The standard InChI is InChI=1S/C14H18N2O2S3/c1-10(12-3-2-7-19-12)16-21(17,18)14-6-8-20-13(14)9-15-11-4-5-11/h2-3,6-8,10-11,15-16H,4-5,9H2,1H3. The van der Waals surface area contributed by atoms with E-state index in [9.17, 15) is 8.42 Å². The topological polar surface area (TPSA) is 58.2 Å². The van der Waals surface area contributed by atoms with Gasteiger partial charge in [0.05, 0.1) is 10.9 Å². The van der Waals surface area contributed by atoms with E-state index in [2.05, 4.69) is 10.0 Å². The molecule has 1 unspecified atom stereocenters. The van der Waals surface area contributed by atoms with E-state index in [1.165, 1.54) is 24.2 Å². The van der Waals surface area contributed by atoms with Gasteiger partial charge in [-0.25, -0.2) is 13.1 Å². The molecule has 0 bridgehead atoms. The minimum Gasteiger partial charge on any atom is -0.309 e. The molecule has 4 nitrogen and oxygen atoms in total. The van der Waals surface area contributed by atoms with Crippen LogP contribution in [0.1, 0.15) is 35.6 Å². The van der Waals surface area contributed by atoms with Gasteiger partial charge < -0.3 is 5.32 Å². The molecule has 2 aromatic rings. The van der Waals surface area contributed by atoms with Crippen molar-refractivity contribution in [1.82, 2.24) is 10.0 Å². The lowest BCUT2D eigenvalue weighted by Gasteiger charge is -2.13. The third kappa shape index (κ3) is 3.73. The molecule has 7 heteroatoms. The monoisotopic (exact) mass is 342 g/mol. The summed E-state index contributed by atoms with van der Waals surface area (Å²) in [5, 5.41) is 7.17. The first-order chi connectivity index (χ1) is 10.1. The summed E-state index contributed by atoms with van der Waals surface area (Å²) in [5.41, 5.74) is 0. The van der Waals surface area contributed by atoms with Crippen LogP contribution in [0.3, 0.4) is 0 Å². The van der Waals surface area contributed by atoms with Gasteiger partial charge in [0.25, 0.3) is 0 Å². The summed E-state index contributed by atoms with van der Waals surface area (Å²) in [6.07, 6.45) is 2.39. The molecule has 1 aliphatic rings. The SMILES string of the molecule is CC(NS(=O)(=O)c1ccsc1CNC1CC1)c1cccs1. The number of sulfonamides is 1. The predicted octanol–water partition coefficient (Wildman–Crippen LogP) is 3.10. The molecule has 2 N–H and O–H groups in total. The summed E-state index contributed by atoms with van der Waals surface area (Å²) in [4.78, 5) is 2.31. The molecular formula is C14H18N2O2S3. The molecule has 21 heavy (non-hydrogen) atoms. The van der Waals surface area contributed by atoms with Gasteiger partial charge in [-0.3, -0.25) is 0 Å². The molecule has 0 aromatic carbocycles. The number of hydrogen-bond donors (Lipinski definition) is 2. The minimum atomic E-state index is -3.47. The van der Waals surface area contributed by atoms with Crippen LogP contribution in [0.25, 0.3) is 0 Å². The Labute approximate surface area is 133 Å². The fourth-order valence-corrected chi connectivity index (χ4v) is 5.54. The second kappa shape index (κ2) is 6.18.